The number of thioether (sulfide) groups is 1. The number of nitrogens with one attached hydrogen (secondary N) is 2. The number of carbonyl (C=O) groups is 1. The lowest BCUT2D eigenvalue weighted by Gasteiger charge is -2.13. The minimum atomic E-state index is -4.31. The number of carbonyl (C=O) groups excluding carboxylic acids is 1. The molecule has 0 saturated heterocycles. The number of hydrogen-bond donors (Lipinski definition) is 2. The van der Waals surface area contributed by atoms with Crippen LogP contribution in [-0.2, 0) is 0 Å². The van der Waals surface area contributed by atoms with Crippen molar-refractivity contribution in [1.29, 1.82) is 0 Å². The van der Waals surface area contributed by atoms with E-state index in [1.807, 2.05) is 0 Å². The lowest BCUT2D eigenvalue weighted by molar-refractivity contribution is -0.0328. The first-order valence-corrected chi connectivity index (χ1v) is 8.32. The molecule has 0 aliphatic heterocycles. The van der Waals surface area contributed by atoms with Gasteiger partial charge in [0.1, 0.15) is 0 Å². The molecule has 2 rings (SSSR count). The summed E-state index contributed by atoms with van der Waals surface area (Å²) in [5, 5.41) is 5.36. The van der Waals surface area contributed by atoms with Crippen LogP contribution in [0, 0.1) is 0 Å². The highest BCUT2D eigenvalue weighted by Gasteiger charge is 2.29. The van der Waals surface area contributed by atoms with Crippen LogP contribution in [0.5, 0.6) is 0 Å². The van der Waals surface area contributed by atoms with Crippen molar-refractivity contribution >= 4 is 23.5 Å². The normalized spacial score (nSPS) is 15.0. The zero-order chi connectivity index (χ0) is 16.7. The molecule has 2 amide bonds. The predicted molar refractivity (Wildman–Crippen MR) is 86.5 cm³/mol. The first-order chi connectivity index (χ1) is 10.9. The van der Waals surface area contributed by atoms with E-state index in [0.29, 0.717) is 12.2 Å². The average Bonchev–Trinajstić information content (AvgIpc) is 2.49. The minimum Gasteiger partial charge on any atom is -0.338 e. The molecule has 1 aliphatic rings. The Morgan fingerprint density at radius 3 is 2.52 bits per heavy atom. The van der Waals surface area contributed by atoms with Crippen LogP contribution < -0.4 is 10.6 Å². The Kier molecular flexibility index (Phi) is 6.38. The summed E-state index contributed by atoms with van der Waals surface area (Å²) in [5.41, 5.74) is -2.46. The van der Waals surface area contributed by atoms with E-state index in [9.17, 15) is 18.0 Å². The molecule has 0 heterocycles. The predicted octanol–water partition coefficient (Wildman–Crippen LogP) is 5.31. The second-order valence-electron chi connectivity index (χ2n) is 5.31. The zero-order valence-electron chi connectivity index (χ0n) is 12.6. The highest BCUT2D eigenvalue weighted by Crippen LogP contribution is 2.37. The summed E-state index contributed by atoms with van der Waals surface area (Å²) in [7, 11) is 0. The van der Waals surface area contributed by atoms with Gasteiger partial charge in [-0.25, -0.2) is 4.79 Å². The first kappa shape index (κ1) is 17.7. The van der Waals surface area contributed by atoms with E-state index >= 15 is 0 Å². The Balaban J connectivity index is 1.73. The summed E-state index contributed by atoms with van der Waals surface area (Å²) in [4.78, 5) is 11.8. The first-order valence-electron chi connectivity index (χ1n) is 7.51. The quantitative estimate of drug-likeness (QED) is 0.561. The second kappa shape index (κ2) is 8.29. The third-order valence-electron chi connectivity index (χ3n) is 3.46. The smallest absolute Gasteiger partial charge is 0.338 e. The number of allylic oxidation sites excluding steroid dienone is 1. The van der Waals surface area contributed by atoms with Crippen molar-refractivity contribution in [2.24, 2.45) is 0 Å². The van der Waals surface area contributed by atoms with Crippen LogP contribution in [0.1, 0.15) is 32.1 Å². The molecule has 0 fully saturated rings. The lowest BCUT2D eigenvalue weighted by atomic mass is 9.97. The molecule has 7 heteroatoms. The molecule has 23 heavy (non-hydrogen) atoms. The Morgan fingerprint density at radius 2 is 1.91 bits per heavy atom. The second-order valence-corrected chi connectivity index (χ2v) is 6.45. The van der Waals surface area contributed by atoms with Crippen LogP contribution in [0.15, 0.2) is 40.8 Å². The fourth-order valence-electron chi connectivity index (χ4n) is 2.38. The monoisotopic (exact) mass is 344 g/mol. The molecule has 0 aromatic heterocycles. The fraction of sp³-hybridized carbons (Fsp3) is 0.438. The summed E-state index contributed by atoms with van der Waals surface area (Å²) in [5.74, 6) is 0. The molecule has 3 nitrogen and oxygen atoms in total. The van der Waals surface area contributed by atoms with Crippen LogP contribution >= 0.6 is 11.8 Å². The number of halogens is 3. The third kappa shape index (κ3) is 6.99. The van der Waals surface area contributed by atoms with Gasteiger partial charge in [0.2, 0.25) is 0 Å². The molecule has 0 spiro atoms. The number of anilines is 1. The molecule has 0 bridgehead atoms. The van der Waals surface area contributed by atoms with Crippen molar-refractivity contribution in [3.8, 4) is 0 Å². The molecule has 0 radical (unpaired) electrons. The molecular weight excluding hydrogens is 325 g/mol. The summed E-state index contributed by atoms with van der Waals surface area (Å²) in [6.45, 7) is 0.555. The number of alkyl halides is 3. The van der Waals surface area contributed by atoms with E-state index in [4.69, 9.17) is 0 Å². The number of amides is 2. The van der Waals surface area contributed by atoms with E-state index in [2.05, 4.69) is 16.7 Å². The van der Waals surface area contributed by atoms with Crippen LogP contribution in [0.2, 0.25) is 0 Å². The van der Waals surface area contributed by atoms with Gasteiger partial charge >= 0.3 is 11.5 Å². The maximum Gasteiger partial charge on any atom is 0.446 e. The van der Waals surface area contributed by atoms with Gasteiger partial charge < -0.3 is 10.6 Å². The van der Waals surface area contributed by atoms with E-state index in [0.717, 1.165) is 19.3 Å². The lowest BCUT2D eigenvalue weighted by Crippen LogP contribution is -2.29. The standard InChI is InChI=1S/C16H19F3N2OS/c17-16(18,19)23-14-8-6-13(7-9-14)21-15(22)20-11-10-12-4-2-1-3-5-12/h4,6-9H,1-3,5,10-11H2,(H2,20,21,22). The highest BCUT2D eigenvalue weighted by atomic mass is 32.2. The van der Waals surface area contributed by atoms with Gasteiger partial charge in [-0.05, 0) is 68.1 Å². The molecular formula is C16H19F3N2OS. The van der Waals surface area contributed by atoms with Crippen molar-refractivity contribution in [1.82, 2.24) is 5.32 Å². The largest absolute Gasteiger partial charge is 0.446 e. The van der Waals surface area contributed by atoms with E-state index in [1.165, 1.54) is 42.7 Å². The van der Waals surface area contributed by atoms with E-state index in [-0.39, 0.29) is 22.7 Å². The van der Waals surface area contributed by atoms with Crippen LogP contribution in [0.3, 0.4) is 0 Å². The van der Waals surface area contributed by atoms with Gasteiger partial charge in [0, 0.05) is 17.1 Å². The number of hydrogen-bond acceptors (Lipinski definition) is 2. The number of urea groups is 1. The average molecular weight is 344 g/mol. The topological polar surface area (TPSA) is 41.1 Å². The highest BCUT2D eigenvalue weighted by molar-refractivity contribution is 8.00. The molecule has 1 aliphatic carbocycles. The van der Waals surface area contributed by atoms with Crippen molar-refractivity contribution in [2.75, 3.05) is 11.9 Å². The van der Waals surface area contributed by atoms with Gasteiger partial charge in [0.15, 0.2) is 0 Å². The number of rotatable bonds is 5. The Labute approximate surface area is 137 Å². The van der Waals surface area contributed by atoms with Gasteiger partial charge in [-0.2, -0.15) is 13.2 Å². The maximum absolute atomic E-state index is 12.2. The summed E-state index contributed by atoms with van der Waals surface area (Å²) < 4.78 is 36.7. The maximum atomic E-state index is 12.2. The summed E-state index contributed by atoms with van der Waals surface area (Å²) >= 11 is -0.177. The van der Waals surface area contributed by atoms with E-state index < -0.39 is 5.51 Å². The van der Waals surface area contributed by atoms with Crippen molar-refractivity contribution in [3.05, 3.63) is 35.9 Å². The SMILES string of the molecule is O=C(NCCC1=CCCCC1)Nc1ccc(SC(F)(F)F)cc1. The van der Waals surface area contributed by atoms with Crippen molar-refractivity contribution < 1.29 is 18.0 Å². The van der Waals surface area contributed by atoms with Crippen molar-refractivity contribution in [2.45, 2.75) is 42.5 Å². The molecule has 2 N–H and O–H groups in total. The molecule has 126 valence electrons. The van der Waals surface area contributed by atoms with Gasteiger partial charge in [-0.3, -0.25) is 0 Å². The number of benzene rings is 1. The molecule has 1 aromatic carbocycles. The van der Waals surface area contributed by atoms with Gasteiger partial charge in [-0.15, -0.1) is 0 Å². The molecule has 1 aromatic rings. The Morgan fingerprint density at radius 1 is 1.17 bits per heavy atom. The van der Waals surface area contributed by atoms with Crippen LogP contribution in [0.4, 0.5) is 23.7 Å². The van der Waals surface area contributed by atoms with Gasteiger partial charge in [0.05, 0.1) is 0 Å². The summed E-state index contributed by atoms with van der Waals surface area (Å²) in [6.07, 6.45) is 7.74. The van der Waals surface area contributed by atoms with Crippen molar-refractivity contribution in [3.63, 3.8) is 0 Å². The van der Waals surface area contributed by atoms with Crippen LogP contribution in [0.25, 0.3) is 0 Å². The molecule has 0 saturated carbocycles. The molecule has 0 unspecified atom stereocenters. The minimum absolute atomic E-state index is 0.0905. The van der Waals surface area contributed by atoms with Crippen LogP contribution in [-0.4, -0.2) is 18.1 Å². The third-order valence-corrected chi connectivity index (χ3v) is 4.20. The van der Waals surface area contributed by atoms with E-state index in [1.54, 1.807) is 0 Å². The van der Waals surface area contributed by atoms with Gasteiger partial charge in [0.25, 0.3) is 0 Å². The Hall–Kier alpha value is -1.63. The molecule has 0 atom stereocenters. The Bertz CT molecular complexity index is 555. The zero-order valence-corrected chi connectivity index (χ0v) is 13.4. The summed E-state index contributed by atoms with van der Waals surface area (Å²) in [6, 6.07) is 5.23. The fourth-order valence-corrected chi connectivity index (χ4v) is 2.92. The van der Waals surface area contributed by atoms with Gasteiger partial charge in [-0.1, -0.05) is 11.6 Å².